The second-order valence-corrected chi connectivity index (χ2v) is 14.5. The third-order valence-electron chi connectivity index (χ3n) is 11.5. The van der Waals surface area contributed by atoms with E-state index in [9.17, 15) is 4.39 Å². The summed E-state index contributed by atoms with van der Waals surface area (Å²) in [5.41, 5.74) is 2.93. The molecule has 12 rings (SSSR count). The van der Waals surface area contributed by atoms with Gasteiger partial charge in [0.25, 0.3) is 0 Å². The maximum Gasteiger partial charge on any atom is 0.234 e. The number of hydrogen-bond donors (Lipinski definition) is 0. The van der Waals surface area contributed by atoms with Gasteiger partial charge in [-0.15, -0.1) is 0 Å². The molecule has 0 fully saturated rings. The second kappa shape index (κ2) is 11.8. The number of rotatable bonds is 3. The first-order chi connectivity index (χ1) is 28.9. The fourth-order valence-electron chi connectivity index (χ4n) is 9.07. The summed E-state index contributed by atoms with van der Waals surface area (Å²) in [7, 11) is 0. The highest BCUT2D eigenvalue weighted by Gasteiger charge is 2.32. The van der Waals surface area contributed by atoms with E-state index >= 15 is 17.6 Å². The van der Waals surface area contributed by atoms with Gasteiger partial charge >= 0.3 is 0 Å². The van der Waals surface area contributed by atoms with Crippen LogP contribution in [0.1, 0.15) is 0 Å². The van der Waals surface area contributed by atoms with Gasteiger partial charge in [-0.25, -0.2) is 26.8 Å². The maximum atomic E-state index is 16.2. The summed E-state index contributed by atoms with van der Waals surface area (Å²) in [4.78, 5) is 4.10. The number of nitrogens with zero attached hydrogens (tertiary/aromatic N) is 3. The molecule has 8 aromatic carbocycles. The van der Waals surface area contributed by atoms with Crippen LogP contribution in [0.4, 0.5) is 27.6 Å². The Balaban J connectivity index is 1.32. The molecular formula is C49H22F5N3O2. The lowest BCUT2D eigenvalue weighted by molar-refractivity contribution is 0.381. The fraction of sp³-hybridized carbons (Fsp3) is 0. The van der Waals surface area contributed by atoms with Crippen LogP contribution >= 0.6 is 0 Å². The molecule has 0 amide bonds. The van der Waals surface area contributed by atoms with E-state index in [1.807, 2.05) is 114 Å². The quantitative estimate of drug-likeness (QED) is 0.0775. The van der Waals surface area contributed by atoms with E-state index in [4.69, 9.17) is 15.4 Å². The summed E-state index contributed by atoms with van der Waals surface area (Å²) in [6.07, 6.45) is 0. The minimum Gasteiger partial charge on any atom is -0.454 e. The zero-order chi connectivity index (χ0) is 39.8. The molecular weight excluding hydrogens is 758 g/mol. The van der Waals surface area contributed by atoms with Crippen molar-refractivity contribution >= 4 is 93.2 Å². The van der Waals surface area contributed by atoms with Crippen molar-refractivity contribution in [3.05, 3.63) is 174 Å². The molecule has 0 atom stereocenters. The minimum absolute atomic E-state index is 0.109. The van der Waals surface area contributed by atoms with E-state index in [1.165, 1.54) is 12.1 Å². The van der Waals surface area contributed by atoms with Crippen LogP contribution in [0.15, 0.2) is 142 Å². The molecule has 0 bridgehead atoms. The zero-order valence-electron chi connectivity index (χ0n) is 30.2. The first kappa shape index (κ1) is 33.3. The van der Waals surface area contributed by atoms with E-state index in [0.29, 0.717) is 55.2 Å². The third-order valence-corrected chi connectivity index (χ3v) is 11.5. The van der Waals surface area contributed by atoms with Crippen molar-refractivity contribution in [2.24, 2.45) is 0 Å². The molecule has 59 heavy (non-hydrogen) atoms. The van der Waals surface area contributed by atoms with Crippen molar-refractivity contribution in [1.29, 1.82) is 0 Å². The Labute approximate surface area is 328 Å². The van der Waals surface area contributed by atoms with Crippen LogP contribution in [0.3, 0.4) is 0 Å². The number of aromatic nitrogens is 2. The first-order valence-corrected chi connectivity index (χ1v) is 18.6. The van der Waals surface area contributed by atoms with Gasteiger partial charge in [-0.2, -0.15) is 0 Å². The summed E-state index contributed by atoms with van der Waals surface area (Å²) in [6, 6.07) is 40.6. The molecule has 0 spiro atoms. The van der Waals surface area contributed by atoms with E-state index in [1.54, 1.807) is 16.7 Å². The Hall–Kier alpha value is -7.90. The van der Waals surface area contributed by atoms with Gasteiger partial charge in [0.15, 0.2) is 34.4 Å². The van der Waals surface area contributed by atoms with Gasteiger partial charge in [0.1, 0.15) is 11.2 Å². The highest BCUT2D eigenvalue weighted by Crippen LogP contribution is 2.50. The van der Waals surface area contributed by atoms with Gasteiger partial charge in [-0.1, -0.05) is 91.0 Å². The third kappa shape index (κ3) is 4.25. The Morgan fingerprint density at radius 3 is 1.41 bits per heavy atom. The van der Waals surface area contributed by atoms with Gasteiger partial charge in [0, 0.05) is 48.7 Å². The standard InChI is InChI=1S/C49H22F5N3O2/c1-55-44-35(56-33-14-6-2-10-24(33)28-18-20-30-26-12-4-8-16-36(26)58-48(30)46(28)56)23-22-32(38-39(50)41(52)43(54)42(53)40(38)51)45(44)57-34-15-7-3-11-25(34)29-19-21-31-27-13-5-9-17-37(27)59-49(31)47(29)57/h2-23H. The lowest BCUT2D eigenvalue weighted by Crippen LogP contribution is -2.08. The average Bonchev–Trinajstić information content (AvgIpc) is 4.02. The van der Waals surface area contributed by atoms with Gasteiger partial charge < -0.3 is 18.0 Å². The molecule has 5 nitrogen and oxygen atoms in total. The lowest BCUT2D eigenvalue weighted by Gasteiger charge is -2.21. The number of fused-ring (bicyclic) bond motifs is 14. The smallest absolute Gasteiger partial charge is 0.234 e. The predicted molar refractivity (Wildman–Crippen MR) is 221 cm³/mol. The molecule has 10 heteroatoms. The summed E-state index contributed by atoms with van der Waals surface area (Å²) in [5.74, 6) is -10.5. The molecule has 0 aliphatic heterocycles. The van der Waals surface area contributed by atoms with Crippen LogP contribution in [-0.2, 0) is 0 Å². The molecule has 4 aromatic heterocycles. The van der Waals surface area contributed by atoms with Crippen molar-refractivity contribution < 1.29 is 30.8 Å². The van der Waals surface area contributed by atoms with Gasteiger partial charge in [-0.3, -0.25) is 0 Å². The normalized spacial score (nSPS) is 12.1. The summed E-state index contributed by atoms with van der Waals surface area (Å²) >= 11 is 0. The van der Waals surface area contributed by atoms with E-state index in [0.717, 1.165) is 32.3 Å². The molecule has 0 aliphatic rings. The number of hydrogen-bond acceptors (Lipinski definition) is 2. The van der Waals surface area contributed by atoms with E-state index in [-0.39, 0.29) is 17.1 Å². The maximum absolute atomic E-state index is 16.2. The number of halogens is 5. The number of furan rings is 2. The largest absolute Gasteiger partial charge is 0.454 e. The van der Waals surface area contributed by atoms with Crippen molar-refractivity contribution in [3.8, 4) is 22.5 Å². The summed E-state index contributed by atoms with van der Waals surface area (Å²) in [5, 5.41) is 6.28. The van der Waals surface area contributed by atoms with Crippen molar-refractivity contribution in [3.63, 3.8) is 0 Å². The molecule has 0 aliphatic carbocycles. The zero-order valence-corrected chi connectivity index (χ0v) is 30.2. The molecule has 4 heterocycles. The van der Waals surface area contributed by atoms with Gasteiger partial charge in [0.2, 0.25) is 11.5 Å². The molecule has 280 valence electrons. The molecule has 0 radical (unpaired) electrons. The Morgan fingerprint density at radius 1 is 0.424 bits per heavy atom. The van der Waals surface area contributed by atoms with Crippen molar-refractivity contribution in [2.45, 2.75) is 0 Å². The SMILES string of the molecule is [C-]#[N+]c1c(-n2c3ccccc3c3ccc4c5ccccc5oc4c32)ccc(-c2c(F)c(F)c(F)c(F)c2F)c1-n1c2ccccc2c2ccc3c4ccccc4oc3c21. The average molecular weight is 780 g/mol. The van der Waals surface area contributed by atoms with Gasteiger partial charge in [-0.05, 0) is 42.5 Å². The molecule has 0 N–H and O–H groups in total. The molecule has 0 saturated heterocycles. The topological polar surface area (TPSA) is 40.5 Å². The minimum atomic E-state index is -2.28. The van der Waals surface area contributed by atoms with Crippen molar-refractivity contribution in [2.75, 3.05) is 0 Å². The highest BCUT2D eigenvalue weighted by molar-refractivity contribution is 6.24. The highest BCUT2D eigenvalue weighted by atomic mass is 19.2. The Morgan fingerprint density at radius 2 is 0.864 bits per heavy atom. The molecule has 0 unspecified atom stereocenters. The lowest BCUT2D eigenvalue weighted by atomic mass is 9.98. The summed E-state index contributed by atoms with van der Waals surface area (Å²) in [6.45, 7) is 8.91. The summed E-state index contributed by atoms with van der Waals surface area (Å²) < 4.78 is 94.1. The second-order valence-electron chi connectivity index (χ2n) is 14.5. The Kier molecular flexibility index (Phi) is 6.66. The van der Waals surface area contributed by atoms with Crippen molar-refractivity contribution in [1.82, 2.24) is 9.13 Å². The van der Waals surface area contributed by atoms with E-state index in [2.05, 4.69) is 4.85 Å². The van der Waals surface area contributed by atoms with Crippen LogP contribution in [0.5, 0.6) is 0 Å². The van der Waals surface area contributed by atoms with Crippen LogP contribution in [0.25, 0.3) is 115 Å². The molecule has 12 aromatic rings. The molecule has 0 saturated carbocycles. The Bertz CT molecular complexity index is 3850. The van der Waals surface area contributed by atoms with E-state index < -0.39 is 40.2 Å². The van der Waals surface area contributed by atoms with Gasteiger partial charge in [0.05, 0.1) is 45.6 Å². The van der Waals surface area contributed by atoms with Crippen LogP contribution in [-0.4, -0.2) is 9.13 Å². The van der Waals surface area contributed by atoms with Crippen LogP contribution in [0, 0.1) is 35.7 Å². The van der Waals surface area contributed by atoms with Crippen LogP contribution < -0.4 is 0 Å². The van der Waals surface area contributed by atoms with Crippen LogP contribution in [0.2, 0.25) is 0 Å². The predicted octanol–water partition coefficient (Wildman–Crippen LogP) is 14.6. The monoisotopic (exact) mass is 779 g/mol. The number of para-hydroxylation sites is 4. The first-order valence-electron chi connectivity index (χ1n) is 18.6. The number of benzene rings is 8. The fourth-order valence-corrected chi connectivity index (χ4v) is 9.07.